The van der Waals surface area contributed by atoms with E-state index < -0.39 is 9.84 Å². The van der Waals surface area contributed by atoms with Crippen LogP contribution < -0.4 is 10.5 Å². The van der Waals surface area contributed by atoms with E-state index in [9.17, 15) is 8.42 Å². The molecule has 0 atom stereocenters. The molecule has 0 radical (unpaired) electrons. The number of nitrogen functional groups attached to an aromatic ring is 1. The molecule has 2 aliphatic heterocycles. The van der Waals surface area contributed by atoms with E-state index in [2.05, 4.69) is 43.8 Å². The fourth-order valence-electron chi connectivity index (χ4n) is 7.20. The van der Waals surface area contributed by atoms with Gasteiger partial charge in [-0.25, -0.2) is 18.4 Å². The van der Waals surface area contributed by atoms with E-state index in [4.69, 9.17) is 10.5 Å². The molecule has 2 aliphatic carbocycles. The zero-order chi connectivity index (χ0) is 25.9. The maximum atomic E-state index is 11.8. The molecule has 7 rings (SSSR count). The Labute approximate surface area is 224 Å². The predicted molar refractivity (Wildman–Crippen MR) is 149 cm³/mol. The summed E-state index contributed by atoms with van der Waals surface area (Å²) in [7, 11) is -2.84. The minimum absolute atomic E-state index is 0.0134. The summed E-state index contributed by atoms with van der Waals surface area (Å²) < 4.78 is 32.6. The number of hydrogen-bond acceptors (Lipinski definition) is 7. The normalized spacial score (nSPS) is 26.5. The Hall–Kier alpha value is -2.65. The van der Waals surface area contributed by atoms with Crippen LogP contribution in [0, 0.1) is 5.92 Å². The smallest absolute Gasteiger partial charge is 0.152 e. The highest BCUT2D eigenvalue weighted by Gasteiger charge is 2.38. The molecule has 1 aromatic carbocycles. The first-order valence-electron chi connectivity index (χ1n) is 14.2. The molecule has 4 heterocycles. The first-order chi connectivity index (χ1) is 18.4. The lowest BCUT2D eigenvalue weighted by atomic mass is 9.79. The van der Waals surface area contributed by atoms with Gasteiger partial charge in [-0.15, -0.1) is 0 Å². The van der Waals surface area contributed by atoms with Crippen LogP contribution in [-0.2, 0) is 16.3 Å². The summed E-state index contributed by atoms with van der Waals surface area (Å²) in [5.41, 5.74) is 10.8. The monoisotopic (exact) mass is 535 g/mol. The molecule has 3 fully saturated rings. The summed E-state index contributed by atoms with van der Waals surface area (Å²) in [6, 6.07) is 6.99. The highest BCUT2D eigenvalue weighted by atomic mass is 32.2. The van der Waals surface area contributed by atoms with Gasteiger partial charge in [0.2, 0.25) is 0 Å². The molecule has 0 bridgehead atoms. The molecule has 0 unspecified atom stereocenters. The van der Waals surface area contributed by atoms with E-state index in [-0.39, 0.29) is 17.1 Å². The number of nitrogens with zero attached hydrogens (tertiary/aromatic N) is 4. The molecule has 8 nitrogen and oxygen atoms in total. The van der Waals surface area contributed by atoms with Gasteiger partial charge < -0.3 is 19.9 Å². The van der Waals surface area contributed by atoms with Gasteiger partial charge in [0.25, 0.3) is 0 Å². The minimum atomic E-state index is -2.84. The van der Waals surface area contributed by atoms with Gasteiger partial charge in [0.05, 0.1) is 16.9 Å². The molecule has 2 N–H and O–H groups in total. The van der Waals surface area contributed by atoms with Gasteiger partial charge in [-0.05, 0) is 74.5 Å². The van der Waals surface area contributed by atoms with Gasteiger partial charge in [-0.3, -0.25) is 0 Å². The number of aromatic nitrogens is 3. The Bertz CT molecular complexity index is 1460. The van der Waals surface area contributed by atoms with Gasteiger partial charge in [-0.1, -0.05) is 18.6 Å². The Balaban J connectivity index is 1.14. The maximum Gasteiger partial charge on any atom is 0.152 e. The minimum Gasteiger partial charge on any atom is -0.487 e. The van der Waals surface area contributed by atoms with Gasteiger partial charge in [0.1, 0.15) is 29.1 Å². The van der Waals surface area contributed by atoms with Gasteiger partial charge in [0.15, 0.2) is 9.84 Å². The Morgan fingerprint density at radius 1 is 1.05 bits per heavy atom. The molecule has 38 heavy (non-hydrogen) atoms. The van der Waals surface area contributed by atoms with Crippen molar-refractivity contribution in [1.29, 1.82) is 0 Å². The van der Waals surface area contributed by atoms with Crippen molar-refractivity contribution in [2.75, 3.05) is 36.9 Å². The average Bonchev–Trinajstić information content (AvgIpc) is 3.27. The molecule has 1 saturated heterocycles. The van der Waals surface area contributed by atoms with Gasteiger partial charge in [-0.2, -0.15) is 0 Å². The van der Waals surface area contributed by atoms with Crippen LogP contribution >= 0.6 is 0 Å². The molecule has 3 aromatic rings. The second-order valence-corrected chi connectivity index (χ2v) is 14.3. The zero-order valence-corrected chi connectivity index (χ0v) is 22.8. The van der Waals surface area contributed by atoms with Crippen molar-refractivity contribution in [3.8, 4) is 16.9 Å². The fourth-order valence-corrected chi connectivity index (χ4v) is 8.48. The quantitative estimate of drug-likeness (QED) is 0.528. The lowest BCUT2D eigenvalue weighted by molar-refractivity contribution is 0.0108. The van der Waals surface area contributed by atoms with Crippen LogP contribution in [0.4, 0.5) is 5.82 Å². The molecule has 4 aliphatic rings. The van der Waals surface area contributed by atoms with Crippen molar-refractivity contribution < 1.29 is 13.2 Å². The van der Waals surface area contributed by atoms with Crippen LogP contribution in [0.2, 0.25) is 0 Å². The number of sulfone groups is 1. The summed E-state index contributed by atoms with van der Waals surface area (Å²) >= 11 is 0. The van der Waals surface area contributed by atoms with E-state index in [0.717, 1.165) is 73.0 Å². The van der Waals surface area contributed by atoms with Crippen LogP contribution in [0.25, 0.3) is 22.2 Å². The van der Waals surface area contributed by atoms with E-state index in [1.54, 1.807) is 6.33 Å². The van der Waals surface area contributed by atoms with Gasteiger partial charge >= 0.3 is 0 Å². The van der Waals surface area contributed by atoms with Crippen LogP contribution in [0.15, 0.2) is 30.7 Å². The Morgan fingerprint density at radius 3 is 2.63 bits per heavy atom. The number of aryl methyl sites for hydroxylation is 1. The van der Waals surface area contributed by atoms with Crippen molar-refractivity contribution in [3.63, 3.8) is 0 Å². The summed E-state index contributed by atoms with van der Waals surface area (Å²) in [5.74, 6) is 2.69. The third-order valence-corrected chi connectivity index (χ3v) is 11.1. The van der Waals surface area contributed by atoms with E-state index in [0.29, 0.717) is 30.9 Å². The Morgan fingerprint density at radius 2 is 1.84 bits per heavy atom. The molecule has 9 heteroatoms. The predicted octanol–water partition coefficient (Wildman–Crippen LogP) is 4.39. The van der Waals surface area contributed by atoms with Crippen LogP contribution in [0.3, 0.4) is 0 Å². The van der Waals surface area contributed by atoms with Crippen molar-refractivity contribution in [3.05, 3.63) is 36.3 Å². The first kappa shape index (κ1) is 24.4. The zero-order valence-electron chi connectivity index (χ0n) is 21.9. The number of nitrogens with two attached hydrogens (primary N) is 1. The van der Waals surface area contributed by atoms with Crippen molar-refractivity contribution in [2.24, 2.45) is 5.92 Å². The fraction of sp³-hybridized carbons (Fsp3) is 0.586. The summed E-state index contributed by atoms with van der Waals surface area (Å²) in [6.45, 7) is 2.29. The largest absolute Gasteiger partial charge is 0.487 e. The molecular weight excluding hydrogens is 498 g/mol. The summed E-state index contributed by atoms with van der Waals surface area (Å²) in [4.78, 5) is 11.3. The third-order valence-electron chi connectivity index (χ3n) is 9.52. The molecule has 202 valence electrons. The highest BCUT2D eigenvalue weighted by molar-refractivity contribution is 7.91. The number of rotatable bonds is 4. The van der Waals surface area contributed by atoms with Crippen LogP contribution in [-0.4, -0.2) is 64.6 Å². The number of benzene rings is 1. The second kappa shape index (κ2) is 9.23. The molecule has 2 saturated carbocycles. The van der Waals surface area contributed by atoms with Crippen molar-refractivity contribution in [1.82, 2.24) is 19.4 Å². The van der Waals surface area contributed by atoms with Crippen molar-refractivity contribution >= 4 is 26.7 Å². The molecule has 1 spiro atoms. The number of ether oxygens (including phenoxy) is 1. The summed E-state index contributed by atoms with van der Waals surface area (Å²) in [6.07, 6.45) is 14.3. The van der Waals surface area contributed by atoms with Crippen LogP contribution in [0.5, 0.6) is 5.75 Å². The SMILES string of the molecule is Nc1ncnc2c1c(-c1ccc3c(c1)OC1(CCCCC1)CC3)cn2C1CC(CN2CCS(=O)(=O)CC2)C1. The standard InChI is InChI=1S/C29H37N5O3S/c30-27-26-24(22-5-4-21-6-9-29(37-25(21)16-22)7-2-1-3-8-29)18-34(28(26)32-19-31-27)23-14-20(15-23)17-33-10-12-38(35,36)13-11-33/h4-5,16,18-20,23H,1-3,6-15,17H2,(H2,30,31,32). The Kier molecular flexibility index (Phi) is 5.92. The molecule has 2 aromatic heterocycles. The van der Waals surface area contributed by atoms with E-state index in [1.807, 2.05) is 0 Å². The number of fused-ring (bicyclic) bond motifs is 2. The highest BCUT2D eigenvalue weighted by Crippen LogP contribution is 2.46. The van der Waals surface area contributed by atoms with Crippen molar-refractivity contribution in [2.45, 2.75) is 69.4 Å². The summed E-state index contributed by atoms with van der Waals surface area (Å²) in [5, 5.41) is 0.917. The van der Waals surface area contributed by atoms with Crippen LogP contribution in [0.1, 0.15) is 63.0 Å². The first-order valence-corrected chi connectivity index (χ1v) is 16.1. The number of hydrogen-bond donors (Lipinski definition) is 1. The topological polar surface area (TPSA) is 103 Å². The van der Waals surface area contributed by atoms with E-state index in [1.165, 1.54) is 24.8 Å². The number of anilines is 1. The second-order valence-electron chi connectivity index (χ2n) is 12.0. The van der Waals surface area contributed by atoms with Gasteiger partial charge in [0, 0.05) is 37.4 Å². The maximum absolute atomic E-state index is 11.8. The third kappa shape index (κ3) is 4.37. The molecular formula is C29H37N5O3S. The average molecular weight is 536 g/mol. The lowest BCUT2D eigenvalue weighted by Crippen LogP contribution is -2.44. The lowest BCUT2D eigenvalue weighted by Gasteiger charge is -2.41. The van der Waals surface area contributed by atoms with E-state index >= 15 is 0 Å². The molecule has 0 amide bonds.